The quantitative estimate of drug-likeness (QED) is 0.171. The summed E-state index contributed by atoms with van der Waals surface area (Å²) in [6.45, 7) is 0. The topological polar surface area (TPSA) is 65.0 Å². The van der Waals surface area contributed by atoms with Crippen LogP contribution in [0, 0.1) is 0 Å². The van der Waals surface area contributed by atoms with Crippen molar-refractivity contribution in [2.75, 3.05) is 0 Å². The lowest BCUT2D eigenvalue weighted by atomic mass is 9.95. The third-order valence-electron chi connectivity index (χ3n) is 10.5. The summed E-state index contributed by atoms with van der Waals surface area (Å²) in [5.74, 6) is 1.79. The van der Waals surface area contributed by atoms with E-state index in [0.29, 0.717) is 17.5 Å². The predicted octanol–water partition coefficient (Wildman–Crippen LogP) is 13.7. The van der Waals surface area contributed by atoms with Gasteiger partial charge in [-0.1, -0.05) is 152 Å². The van der Waals surface area contributed by atoms with Gasteiger partial charge in [0.05, 0.1) is 0 Å². The molecule has 3 heterocycles. The zero-order chi connectivity index (χ0) is 37.0. The molecule has 0 N–H and O–H groups in total. The molecule has 262 valence electrons. The minimum absolute atomic E-state index is 0.575. The first-order chi connectivity index (χ1) is 27.7. The van der Waals surface area contributed by atoms with E-state index in [4.69, 9.17) is 23.8 Å². The van der Waals surface area contributed by atoms with E-state index in [-0.39, 0.29) is 0 Å². The van der Waals surface area contributed by atoms with Crippen molar-refractivity contribution in [3.63, 3.8) is 0 Å². The van der Waals surface area contributed by atoms with Gasteiger partial charge in [0.15, 0.2) is 17.5 Å². The molecule has 5 nitrogen and oxygen atoms in total. The maximum atomic E-state index is 6.83. The fraction of sp³-hybridized carbons (Fsp3) is 0. The first-order valence-electron chi connectivity index (χ1n) is 18.7. The molecule has 3 aromatic heterocycles. The normalized spacial score (nSPS) is 11.6. The van der Waals surface area contributed by atoms with Crippen molar-refractivity contribution < 1.29 is 8.83 Å². The molecule has 0 aliphatic rings. The second kappa shape index (κ2) is 13.0. The summed E-state index contributed by atoms with van der Waals surface area (Å²) >= 11 is 0. The van der Waals surface area contributed by atoms with Gasteiger partial charge in [-0.25, -0.2) is 15.0 Å². The van der Waals surface area contributed by atoms with Gasteiger partial charge in [0.25, 0.3) is 0 Å². The van der Waals surface area contributed by atoms with Crippen molar-refractivity contribution in [2.24, 2.45) is 0 Å². The molecule has 0 spiro atoms. The lowest BCUT2D eigenvalue weighted by Crippen LogP contribution is -2.00. The Morgan fingerprint density at radius 2 is 0.804 bits per heavy atom. The highest BCUT2D eigenvalue weighted by Gasteiger charge is 2.20. The van der Waals surface area contributed by atoms with Gasteiger partial charge in [-0.3, -0.25) is 0 Å². The number of hydrogen-bond donors (Lipinski definition) is 0. The second-order valence-corrected chi connectivity index (χ2v) is 14.0. The molecule has 0 saturated heterocycles. The number of rotatable bonds is 6. The first-order valence-corrected chi connectivity index (χ1v) is 18.7. The van der Waals surface area contributed by atoms with Gasteiger partial charge in [0, 0.05) is 49.4 Å². The van der Waals surface area contributed by atoms with Gasteiger partial charge in [0.1, 0.15) is 22.3 Å². The minimum atomic E-state index is 0.575. The SMILES string of the molecule is c1ccc(-c2cccc(-c3nc(-c4ccccc4)nc(-c4ccc5c(c4)oc4c(-c6cc(-c7ccccc7)c7oc8ccccc8c7c6)cccc45)n3)c2)cc1. The molecule has 0 unspecified atom stereocenters. The van der Waals surface area contributed by atoms with Crippen molar-refractivity contribution in [1.29, 1.82) is 0 Å². The number of para-hydroxylation sites is 2. The monoisotopic (exact) mass is 717 g/mol. The molecule has 0 saturated carbocycles. The molecule has 8 aromatic carbocycles. The fourth-order valence-electron chi connectivity index (χ4n) is 7.80. The van der Waals surface area contributed by atoms with Crippen LogP contribution in [0.5, 0.6) is 0 Å². The average Bonchev–Trinajstić information content (AvgIpc) is 3.85. The van der Waals surface area contributed by atoms with Gasteiger partial charge < -0.3 is 8.83 Å². The lowest BCUT2D eigenvalue weighted by molar-refractivity contribution is 0.669. The third kappa shape index (κ3) is 5.45. The second-order valence-electron chi connectivity index (χ2n) is 14.0. The first kappa shape index (κ1) is 31.9. The molecular formula is C51H31N3O2. The van der Waals surface area contributed by atoms with Crippen LogP contribution in [-0.4, -0.2) is 15.0 Å². The van der Waals surface area contributed by atoms with Gasteiger partial charge in [-0.05, 0) is 58.7 Å². The van der Waals surface area contributed by atoms with Crippen LogP contribution in [0.25, 0.3) is 111 Å². The Kier molecular flexibility index (Phi) is 7.42. The van der Waals surface area contributed by atoms with Crippen LogP contribution in [0.4, 0.5) is 0 Å². The van der Waals surface area contributed by atoms with Crippen molar-refractivity contribution in [3.05, 3.63) is 188 Å². The molecule has 11 rings (SSSR count). The minimum Gasteiger partial charge on any atom is -0.455 e. The Morgan fingerprint density at radius 1 is 0.268 bits per heavy atom. The van der Waals surface area contributed by atoms with E-state index in [1.165, 1.54) is 0 Å². The summed E-state index contributed by atoms with van der Waals surface area (Å²) in [6.07, 6.45) is 0. The average molecular weight is 718 g/mol. The Bertz CT molecular complexity index is 3240. The molecule has 5 heteroatoms. The standard InChI is InChI=1S/C51H31N3O2/c1-4-14-32(15-5-1)35-20-12-21-36(28-35)50-52-49(34-18-8-3-9-19-34)53-51(54-50)37-26-27-41-42-24-13-23-39(47(42)56-46(41)31-37)38-29-43(33-16-6-2-7-17-33)48-44(30-38)40-22-10-11-25-45(40)55-48/h1-31H. The third-order valence-corrected chi connectivity index (χ3v) is 10.5. The van der Waals surface area contributed by atoms with E-state index in [9.17, 15) is 0 Å². The zero-order valence-corrected chi connectivity index (χ0v) is 30.1. The highest BCUT2D eigenvalue weighted by atomic mass is 16.3. The van der Waals surface area contributed by atoms with Gasteiger partial charge in [-0.2, -0.15) is 0 Å². The summed E-state index contributed by atoms with van der Waals surface area (Å²) in [7, 11) is 0. The Morgan fingerprint density at radius 3 is 1.57 bits per heavy atom. The molecule has 0 amide bonds. The molecule has 11 aromatic rings. The Balaban J connectivity index is 1.07. The van der Waals surface area contributed by atoms with E-state index < -0.39 is 0 Å². The molecule has 0 aliphatic heterocycles. The number of furan rings is 2. The molecular weight excluding hydrogens is 687 g/mol. The molecule has 0 bridgehead atoms. The number of hydrogen-bond acceptors (Lipinski definition) is 5. The van der Waals surface area contributed by atoms with E-state index in [2.05, 4.69) is 133 Å². The van der Waals surface area contributed by atoms with E-state index in [0.717, 1.165) is 93.9 Å². The van der Waals surface area contributed by atoms with Crippen molar-refractivity contribution in [3.8, 4) is 67.5 Å². The van der Waals surface area contributed by atoms with Gasteiger partial charge in [-0.15, -0.1) is 0 Å². The van der Waals surface area contributed by atoms with Crippen LogP contribution in [-0.2, 0) is 0 Å². The van der Waals surface area contributed by atoms with Crippen molar-refractivity contribution >= 4 is 43.9 Å². The van der Waals surface area contributed by atoms with Crippen LogP contribution in [0.3, 0.4) is 0 Å². The molecule has 0 atom stereocenters. The molecule has 0 radical (unpaired) electrons. The number of benzene rings is 8. The number of fused-ring (bicyclic) bond motifs is 6. The zero-order valence-electron chi connectivity index (χ0n) is 30.1. The van der Waals surface area contributed by atoms with Crippen molar-refractivity contribution in [2.45, 2.75) is 0 Å². The number of nitrogens with zero attached hydrogens (tertiary/aromatic N) is 3. The van der Waals surface area contributed by atoms with E-state index in [1.807, 2.05) is 54.6 Å². The van der Waals surface area contributed by atoms with Gasteiger partial charge >= 0.3 is 0 Å². The lowest BCUT2D eigenvalue weighted by Gasteiger charge is -2.09. The number of aromatic nitrogens is 3. The summed E-state index contributed by atoms with van der Waals surface area (Å²) in [5.41, 5.74) is 12.4. The van der Waals surface area contributed by atoms with Crippen LogP contribution >= 0.6 is 0 Å². The molecule has 56 heavy (non-hydrogen) atoms. The summed E-state index contributed by atoms with van der Waals surface area (Å²) in [4.78, 5) is 15.1. The van der Waals surface area contributed by atoms with E-state index >= 15 is 0 Å². The van der Waals surface area contributed by atoms with Crippen molar-refractivity contribution in [1.82, 2.24) is 15.0 Å². The van der Waals surface area contributed by atoms with Crippen LogP contribution in [0.2, 0.25) is 0 Å². The summed E-state index contributed by atoms with van der Waals surface area (Å²) < 4.78 is 13.3. The maximum absolute atomic E-state index is 6.83. The largest absolute Gasteiger partial charge is 0.455 e. The molecule has 0 fully saturated rings. The Labute approximate surface area is 322 Å². The highest BCUT2D eigenvalue weighted by molar-refractivity contribution is 6.14. The van der Waals surface area contributed by atoms with Crippen LogP contribution in [0.15, 0.2) is 197 Å². The molecule has 0 aliphatic carbocycles. The predicted molar refractivity (Wildman–Crippen MR) is 227 cm³/mol. The van der Waals surface area contributed by atoms with E-state index in [1.54, 1.807) is 0 Å². The maximum Gasteiger partial charge on any atom is 0.164 e. The highest BCUT2D eigenvalue weighted by Crippen LogP contribution is 2.43. The summed E-state index contributed by atoms with van der Waals surface area (Å²) in [6, 6.07) is 64.5. The van der Waals surface area contributed by atoms with Crippen LogP contribution < -0.4 is 0 Å². The smallest absolute Gasteiger partial charge is 0.164 e. The van der Waals surface area contributed by atoms with Crippen LogP contribution in [0.1, 0.15) is 0 Å². The Hall–Kier alpha value is -7.63. The van der Waals surface area contributed by atoms with Gasteiger partial charge in [0.2, 0.25) is 0 Å². The summed E-state index contributed by atoms with van der Waals surface area (Å²) in [5, 5.41) is 4.22. The fourth-order valence-corrected chi connectivity index (χ4v) is 7.80.